The van der Waals surface area contributed by atoms with E-state index in [1.54, 1.807) is 0 Å². The van der Waals surface area contributed by atoms with Gasteiger partial charge in [-0.1, -0.05) is 54.6 Å². The summed E-state index contributed by atoms with van der Waals surface area (Å²) in [6.45, 7) is 0.223. The maximum atomic E-state index is 12.8. The molecule has 0 aromatic heterocycles. The average Bonchev–Trinajstić information content (AvgIpc) is 3.03. The minimum atomic E-state index is -0.737. The lowest BCUT2D eigenvalue weighted by Gasteiger charge is -2.17. The van der Waals surface area contributed by atoms with Gasteiger partial charge in [0, 0.05) is 33.6 Å². The summed E-state index contributed by atoms with van der Waals surface area (Å²) < 4.78 is 9.59. The number of Topliss-reactive ketones (excluding diaryl/α,β-unsaturated/α-hetero) is 1. The number of hydrogen-bond donors (Lipinski definition) is 3. The predicted molar refractivity (Wildman–Crippen MR) is 169 cm³/mol. The van der Waals surface area contributed by atoms with Gasteiger partial charge in [-0.05, 0) is 68.1 Å². The van der Waals surface area contributed by atoms with E-state index in [2.05, 4.69) is 40.4 Å². The molecule has 0 spiro atoms. The van der Waals surface area contributed by atoms with E-state index in [0.717, 1.165) is 31.2 Å². The molecule has 0 saturated heterocycles. The van der Waals surface area contributed by atoms with Crippen molar-refractivity contribution in [3.05, 3.63) is 71.3 Å². The van der Waals surface area contributed by atoms with Crippen molar-refractivity contribution in [1.29, 1.82) is 0 Å². The molecule has 2 aromatic rings. The summed E-state index contributed by atoms with van der Waals surface area (Å²) in [4.78, 5) is 65.6. The van der Waals surface area contributed by atoms with Gasteiger partial charge >= 0.3 is 5.97 Å². The Bertz CT molecular complexity index is 1190. The van der Waals surface area contributed by atoms with Crippen molar-refractivity contribution in [1.82, 2.24) is 16.1 Å². The van der Waals surface area contributed by atoms with Gasteiger partial charge < -0.3 is 24.9 Å². The summed E-state index contributed by atoms with van der Waals surface area (Å²) in [7, 11) is 2.82. The number of carbonyl (C=O) groups excluding carboxylic acids is 5. The smallest absolute Gasteiger partial charge is 0.332 e. The summed E-state index contributed by atoms with van der Waals surface area (Å²) in [6, 6.07) is 17.5. The first kappa shape index (κ1) is 37.1. The van der Waals surface area contributed by atoms with E-state index in [0.29, 0.717) is 25.8 Å². The molecule has 1 atom stereocenters. The number of hydrogen-bond acceptors (Lipinski definition) is 8. The highest BCUT2D eigenvalue weighted by Crippen LogP contribution is 2.12. The summed E-state index contributed by atoms with van der Waals surface area (Å²) >= 11 is 0. The highest BCUT2D eigenvalue weighted by Gasteiger charge is 2.21. The van der Waals surface area contributed by atoms with Gasteiger partial charge in [0.1, 0.15) is 13.2 Å². The molecule has 0 fully saturated rings. The molecular formula is C34H47N3O8. The molecule has 0 saturated carbocycles. The molecule has 2 aromatic carbocycles. The van der Waals surface area contributed by atoms with Crippen LogP contribution in [0.2, 0.25) is 0 Å². The van der Waals surface area contributed by atoms with Gasteiger partial charge in [-0.2, -0.15) is 5.48 Å². The third-order valence-electron chi connectivity index (χ3n) is 7.01. The Balaban J connectivity index is 1.64. The standard InChI is InChI=1S/C34H47N3O8/c1-43-24-32(40)35-22-9-8-15-29(36-33(41)25-44-2)30(38)16-10-17-34(42)45-37-31(39)23-28-20-18-27(19-21-28)14-7-6-13-26-11-4-3-5-12-26/h3-5,11-12,18-21,29H,6-10,13-17,22-25H2,1-2H3,(H,35,40)(H,36,41)(H,37,39)/t29-/m0/s1. The zero-order valence-electron chi connectivity index (χ0n) is 26.4. The molecule has 0 unspecified atom stereocenters. The monoisotopic (exact) mass is 625 g/mol. The lowest BCUT2D eigenvalue weighted by Crippen LogP contribution is -2.42. The van der Waals surface area contributed by atoms with Gasteiger partial charge in [0.15, 0.2) is 5.78 Å². The van der Waals surface area contributed by atoms with Crippen molar-refractivity contribution < 1.29 is 38.3 Å². The highest BCUT2D eigenvalue weighted by molar-refractivity contribution is 5.89. The fourth-order valence-electron chi connectivity index (χ4n) is 4.66. The number of unbranched alkanes of at least 4 members (excludes halogenated alkanes) is 2. The Morgan fingerprint density at radius 2 is 1.29 bits per heavy atom. The third kappa shape index (κ3) is 17.1. The highest BCUT2D eigenvalue weighted by atomic mass is 16.7. The summed E-state index contributed by atoms with van der Waals surface area (Å²) in [5, 5.41) is 5.37. The van der Waals surface area contributed by atoms with Crippen LogP contribution in [0.3, 0.4) is 0 Å². The number of carbonyl (C=O) groups is 5. The quantitative estimate of drug-likeness (QED) is 0.134. The Hall–Kier alpha value is -4.09. The Morgan fingerprint density at radius 1 is 0.667 bits per heavy atom. The van der Waals surface area contributed by atoms with Crippen LogP contribution in [-0.4, -0.2) is 69.5 Å². The van der Waals surface area contributed by atoms with Crippen molar-refractivity contribution in [3.63, 3.8) is 0 Å². The number of benzene rings is 2. The number of ether oxygens (including phenoxy) is 2. The Morgan fingerprint density at radius 3 is 1.96 bits per heavy atom. The summed E-state index contributed by atoms with van der Waals surface area (Å²) in [5.74, 6) is -1.97. The second-order valence-corrected chi connectivity index (χ2v) is 10.8. The maximum absolute atomic E-state index is 12.8. The Kier molecular flexibility index (Phi) is 18.5. The summed E-state index contributed by atoms with van der Waals surface area (Å²) in [6.07, 6.45) is 6.03. The minimum Gasteiger partial charge on any atom is -0.375 e. The van der Waals surface area contributed by atoms with Crippen molar-refractivity contribution in [2.24, 2.45) is 0 Å². The van der Waals surface area contributed by atoms with Gasteiger partial charge in [0.2, 0.25) is 11.8 Å². The number of methoxy groups -OCH3 is 2. The second kappa shape index (κ2) is 22.4. The van der Waals surface area contributed by atoms with Crippen LogP contribution < -0.4 is 16.1 Å². The van der Waals surface area contributed by atoms with E-state index in [9.17, 15) is 24.0 Å². The van der Waals surface area contributed by atoms with Crippen LogP contribution in [0.15, 0.2) is 54.6 Å². The number of hydroxylamine groups is 1. The average molecular weight is 626 g/mol. The molecule has 0 radical (unpaired) electrons. The van der Waals surface area contributed by atoms with Crippen LogP contribution >= 0.6 is 0 Å². The van der Waals surface area contributed by atoms with Crippen LogP contribution in [0.1, 0.15) is 68.1 Å². The second-order valence-electron chi connectivity index (χ2n) is 10.8. The van der Waals surface area contributed by atoms with Crippen molar-refractivity contribution in [2.45, 2.75) is 76.7 Å². The largest absolute Gasteiger partial charge is 0.375 e. The number of rotatable bonds is 22. The molecule has 0 aliphatic carbocycles. The first-order valence-electron chi connectivity index (χ1n) is 15.5. The zero-order valence-corrected chi connectivity index (χ0v) is 26.4. The topological polar surface area (TPSA) is 149 Å². The normalized spacial score (nSPS) is 11.3. The third-order valence-corrected chi connectivity index (χ3v) is 7.01. The number of amides is 3. The van der Waals surface area contributed by atoms with Crippen LogP contribution in [0, 0.1) is 0 Å². The number of aryl methyl sites for hydroxylation is 2. The van der Waals surface area contributed by atoms with E-state index >= 15 is 0 Å². The molecule has 3 amide bonds. The fourth-order valence-corrected chi connectivity index (χ4v) is 4.66. The molecule has 0 heterocycles. The molecular weight excluding hydrogens is 578 g/mol. The van der Waals surface area contributed by atoms with Gasteiger partial charge in [0.05, 0.1) is 12.5 Å². The summed E-state index contributed by atoms with van der Waals surface area (Å²) in [5.41, 5.74) is 5.54. The van der Waals surface area contributed by atoms with Gasteiger partial charge in [0.25, 0.3) is 5.91 Å². The van der Waals surface area contributed by atoms with Gasteiger partial charge in [-0.25, -0.2) is 4.79 Å². The van der Waals surface area contributed by atoms with Crippen LogP contribution in [0.25, 0.3) is 0 Å². The lowest BCUT2D eigenvalue weighted by atomic mass is 10.0. The van der Waals surface area contributed by atoms with E-state index in [-0.39, 0.29) is 50.6 Å². The van der Waals surface area contributed by atoms with Crippen molar-refractivity contribution in [3.8, 4) is 0 Å². The molecule has 3 N–H and O–H groups in total. The van der Waals surface area contributed by atoms with E-state index in [1.165, 1.54) is 25.3 Å². The molecule has 0 bridgehead atoms. The predicted octanol–water partition coefficient (Wildman–Crippen LogP) is 3.17. The van der Waals surface area contributed by atoms with Crippen LogP contribution in [0.4, 0.5) is 0 Å². The maximum Gasteiger partial charge on any atom is 0.332 e. The molecule has 2 rings (SSSR count). The molecule has 0 aliphatic rings. The molecule has 11 nitrogen and oxygen atoms in total. The van der Waals surface area contributed by atoms with E-state index in [1.807, 2.05) is 30.3 Å². The van der Waals surface area contributed by atoms with Gasteiger partial charge in [-0.3, -0.25) is 19.2 Å². The SMILES string of the molecule is COCC(=O)NCCCC[C@H](NC(=O)COC)C(=O)CCCC(=O)ONC(=O)Cc1ccc(CCCCc2ccccc2)cc1. The molecule has 45 heavy (non-hydrogen) atoms. The Labute approximate surface area is 265 Å². The molecule has 11 heteroatoms. The lowest BCUT2D eigenvalue weighted by molar-refractivity contribution is -0.158. The number of ketones is 1. The number of nitrogens with one attached hydrogen (secondary N) is 3. The van der Waals surface area contributed by atoms with Crippen LogP contribution in [-0.2, 0) is 57.5 Å². The zero-order chi connectivity index (χ0) is 32.7. The van der Waals surface area contributed by atoms with Crippen LogP contribution in [0.5, 0.6) is 0 Å². The fraction of sp³-hybridized carbons (Fsp3) is 0.500. The van der Waals surface area contributed by atoms with E-state index in [4.69, 9.17) is 14.3 Å². The molecule has 246 valence electrons. The van der Waals surface area contributed by atoms with Crippen molar-refractivity contribution in [2.75, 3.05) is 34.0 Å². The molecule has 0 aliphatic heterocycles. The van der Waals surface area contributed by atoms with Crippen molar-refractivity contribution >= 4 is 29.5 Å². The van der Waals surface area contributed by atoms with Gasteiger partial charge in [-0.15, -0.1) is 0 Å². The minimum absolute atomic E-state index is 0.0232. The first-order chi connectivity index (χ1) is 21.8. The van der Waals surface area contributed by atoms with E-state index < -0.39 is 23.8 Å². The first-order valence-corrected chi connectivity index (χ1v) is 15.5.